The standard InChI is InChI=1S/C31H57NO/c1-7-8-9-10-11-12-13-14-15-16-17-18-19-20-21-22-23-32-25-28-26(2)24-29(31(4,5)6)30(33)27(28)3/h24,32-33H,7-23,25H2,1-6H3. The van der Waals surface area contributed by atoms with Crippen LogP contribution in [0.3, 0.4) is 0 Å². The molecular formula is C31H57NO. The number of hydrogen-bond acceptors (Lipinski definition) is 2. The Morgan fingerprint density at radius 2 is 1.12 bits per heavy atom. The summed E-state index contributed by atoms with van der Waals surface area (Å²) in [5, 5.41) is 14.3. The first-order valence-electron chi connectivity index (χ1n) is 14.3. The Bertz CT molecular complexity index is 629. The molecule has 2 nitrogen and oxygen atoms in total. The first kappa shape index (κ1) is 30.0. The number of aromatic hydroxyl groups is 1. The van der Waals surface area contributed by atoms with E-state index in [9.17, 15) is 5.11 Å². The van der Waals surface area contributed by atoms with Gasteiger partial charge in [0.2, 0.25) is 0 Å². The third-order valence-electron chi connectivity index (χ3n) is 7.22. The van der Waals surface area contributed by atoms with Crippen LogP contribution in [0.25, 0.3) is 0 Å². The summed E-state index contributed by atoms with van der Waals surface area (Å²) in [6, 6.07) is 2.17. The van der Waals surface area contributed by atoms with Gasteiger partial charge in [-0.15, -0.1) is 0 Å². The number of phenolic OH excluding ortho intramolecular Hbond substituents is 1. The predicted molar refractivity (Wildman–Crippen MR) is 148 cm³/mol. The van der Waals surface area contributed by atoms with Gasteiger partial charge in [0, 0.05) is 6.54 Å². The van der Waals surface area contributed by atoms with Crippen molar-refractivity contribution in [3.63, 3.8) is 0 Å². The second kappa shape index (κ2) is 17.4. The van der Waals surface area contributed by atoms with Crippen molar-refractivity contribution in [3.8, 4) is 5.75 Å². The van der Waals surface area contributed by atoms with Crippen LogP contribution in [0.15, 0.2) is 6.07 Å². The molecule has 0 aromatic heterocycles. The van der Waals surface area contributed by atoms with Crippen LogP contribution >= 0.6 is 0 Å². The maximum Gasteiger partial charge on any atom is 0.122 e. The van der Waals surface area contributed by atoms with Crippen molar-refractivity contribution in [2.75, 3.05) is 6.54 Å². The van der Waals surface area contributed by atoms with Gasteiger partial charge in [0.15, 0.2) is 0 Å². The van der Waals surface area contributed by atoms with Gasteiger partial charge < -0.3 is 10.4 Å². The number of phenols is 1. The van der Waals surface area contributed by atoms with Crippen LogP contribution in [0, 0.1) is 13.8 Å². The van der Waals surface area contributed by atoms with Crippen molar-refractivity contribution >= 4 is 0 Å². The Morgan fingerprint density at radius 3 is 1.55 bits per heavy atom. The molecule has 0 saturated carbocycles. The molecule has 0 bridgehead atoms. The summed E-state index contributed by atoms with van der Waals surface area (Å²) in [4.78, 5) is 0. The molecule has 0 amide bonds. The van der Waals surface area contributed by atoms with Crippen molar-refractivity contribution in [2.45, 2.75) is 156 Å². The topological polar surface area (TPSA) is 32.3 Å². The second-order valence-electron chi connectivity index (χ2n) is 11.4. The Balaban J connectivity index is 2.00. The molecule has 0 aliphatic rings. The summed E-state index contributed by atoms with van der Waals surface area (Å²) in [6.07, 6.45) is 22.6. The van der Waals surface area contributed by atoms with E-state index in [0.717, 1.165) is 24.2 Å². The molecule has 192 valence electrons. The van der Waals surface area contributed by atoms with E-state index in [1.54, 1.807) is 0 Å². The van der Waals surface area contributed by atoms with Crippen LogP contribution in [0.2, 0.25) is 0 Å². The second-order valence-corrected chi connectivity index (χ2v) is 11.4. The van der Waals surface area contributed by atoms with Crippen molar-refractivity contribution in [1.29, 1.82) is 0 Å². The Labute approximate surface area is 207 Å². The quantitative estimate of drug-likeness (QED) is 0.202. The number of unbranched alkanes of at least 4 members (excludes halogenated alkanes) is 15. The van der Waals surface area contributed by atoms with Gasteiger partial charge in [0.05, 0.1) is 0 Å². The van der Waals surface area contributed by atoms with Gasteiger partial charge in [0.25, 0.3) is 0 Å². The molecule has 0 atom stereocenters. The highest BCUT2D eigenvalue weighted by atomic mass is 16.3. The molecule has 1 aromatic rings. The van der Waals surface area contributed by atoms with Crippen LogP contribution < -0.4 is 5.32 Å². The molecule has 0 unspecified atom stereocenters. The van der Waals surface area contributed by atoms with Crippen LogP contribution in [-0.2, 0) is 12.0 Å². The van der Waals surface area contributed by atoms with Crippen LogP contribution in [0.5, 0.6) is 5.75 Å². The molecule has 1 aromatic carbocycles. The number of aryl methyl sites for hydroxylation is 1. The van der Waals surface area contributed by atoms with Gasteiger partial charge in [-0.2, -0.15) is 0 Å². The summed E-state index contributed by atoms with van der Waals surface area (Å²) in [5.74, 6) is 0.479. The van der Waals surface area contributed by atoms with E-state index >= 15 is 0 Å². The zero-order valence-corrected chi connectivity index (χ0v) is 23.3. The van der Waals surface area contributed by atoms with E-state index in [0.29, 0.717) is 5.75 Å². The summed E-state index contributed by atoms with van der Waals surface area (Å²) >= 11 is 0. The molecule has 2 heteroatoms. The minimum atomic E-state index is -0.0287. The molecule has 0 aliphatic carbocycles. The van der Waals surface area contributed by atoms with Crippen molar-refractivity contribution in [1.82, 2.24) is 5.32 Å². The number of hydrogen-bond donors (Lipinski definition) is 2. The Kier molecular flexibility index (Phi) is 15.8. The maximum absolute atomic E-state index is 10.7. The van der Waals surface area contributed by atoms with Gasteiger partial charge in [-0.25, -0.2) is 0 Å². The normalized spacial score (nSPS) is 11.9. The van der Waals surface area contributed by atoms with E-state index in [-0.39, 0.29) is 5.41 Å². The molecule has 0 aliphatic heterocycles. The van der Waals surface area contributed by atoms with E-state index in [2.05, 4.69) is 52.9 Å². The molecule has 33 heavy (non-hydrogen) atoms. The fraction of sp³-hybridized carbons (Fsp3) is 0.806. The van der Waals surface area contributed by atoms with Crippen molar-refractivity contribution < 1.29 is 5.11 Å². The monoisotopic (exact) mass is 459 g/mol. The first-order valence-corrected chi connectivity index (χ1v) is 14.3. The van der Waals surface area contributed by atoms with Crippen LogP contribution in [-0.4, -0.2) is 11.7 Å². The molecule has 0 saturated heterocycles. The molecule has 0 spiro atoms. The highest BCUT2D eigenvalue weighted by Crippen LogP contribution is 2.36. The lowest BCUT2D eigenvalue weighted by Gasteiger charge is -2.24. The van der Waals surface area contributed by atoms with Gasteiger partial charge in [-0.05, 0) is 54.5 Å². The molecule has 0 heterocycles. The minimum Gasteiger partial charge on any atom is -0.507 e. The number of rotatable bonds is 19. The largest absolute Gasteiger partial charge is 0.507 e. The lowest BCUT2D eigenvalue weighted by Crippen LogP contribution is -2.18. The highest BCUT2D eigenvalue weighted by molar-refractivity contribution is 5.51. The number of nitrogens with one attached hydrogen (secondary N) is 1. The average molecular weight is 460 g/mol. The van der Waals surface area contributed by atoms with E-state index in [4.69, 9.17) is 0 Å². The fourth-order valence-electron chi connectivity index (χ4n) is 4.87. The third-order valence-corrected chi connectivity index (χ3v) is 7.22. The van der Waals surface area contributed by atoms with Crippen molar-refractivity contribution in [2.24, 2.45) is 0 Å². The SMILES string of the molecule is CCCCCCCCCCCCCCCCCCNCc1c(C)cc(C(C)(C)C)c(O)c1C. The third kappa shape index (κ3) is 12.9. The van der Waals surface area contributed by atoms with Gasteiger partial charge >= 0.3 is 0 Å². The average Bonchev–Trinajstić information content (AvgIpc) is 2.76. The molecule has 1 rings (SSSR count). The summed E-state index contributed by atoms with van der Waals surface area (Å²) in [7, 11) is 0. The molecular weight excluding hydrogens is 402 g/mol. The summed E-state index contributed by atoms with van der Waals surface area (Å²) < 4.78 is 0. The number of benzene rings is 1. The van der Waals surface area contributed by atoms with Gasteiger partial charge in [-0.1, -0.05) is 130 Å². The van der Waals surface area contributed by atoms with Crippen LogP contribution in [0.1, 0.15) is 153 Å². The predicted octanol–water partition coefficient (Wildman–Crippen LogP) is 9.66. The lowest BCUT2D eigenvalue weighted by molar-refractivity contribution is 0.441. The summed E-state index contributed by atoms with van der Waals surface area (Å²) in [6.45, 7) is 14.9. The van der Waals surface area contributed by atoms with Crippen molar-refractivity contribution in [3.05, 3.63) is 28.3 Å². The molecule has 2 N–H and O–H groups in total. The fourth-order valence-corrected chi connectivity index (χ4v) is 4.87. The summed E-state index contributed by atoms with van der Waals surface area (Å²) in [5.41, 5.74) is 4.61. The van der Waals surface area contributed by atoms with E-state index < -0.39 is 0 Å². The van der Waals surface area contributed by atoms with E-state index in [1.807, 2.05) is 0 Å². The smallest absolute Gasteiger partial charge is 0.122 e. The first-order chi connectivity index (χ1) is 15.8. The van der Waals surface area contributed by atoms with Crippen LogP contribution in [0.4, 0.5) is 0 Å². The Hall–Kier alpha value is -1.02. The van der Waals surface area contributed by atoms with Gasteiger partial charge in [-0.3, -0.25) is 0 Å². The highest BCUT2D eigenvalue weighted by Gasteiger charge is 2.21. The minimum absolute atomic E-state index is 0.0287. The zero-order valence-electron chi connectivity index (χ0n) is 23.3. The van der Waals surface area contributed by atoms with E-state index in [1.165, 1.54) is 114 Å². The maximum atomic E-state index is 10.7. The zero-order chi connectivity index (χ0) is 24.5. The van der Waals surface area contributed by atoms with Gasteiger partial charge in [0.1, 0.15) is 5.75 Å². The Morgan fingerprint density at radius 1 is 0.697 bits per heavy atom. The molecule has 0 fully saturated rings. The lowest BCUT2D eigenvalue weighted by atomic mass is 9.82. The molecule has 0 radical (unpaired) electrons.